The molecule has 18 heavy (non-hydrogen) atoms. The van der Waals surface area contributed by atoms with Gasteiger partial charge in [-0.25, -0.2) is 8.42 Å². The minimum atomic E-state index is -2.97. The maximum absolute atomic E-state index is 11.9. The van der Waals surface area contributed by atoms with Gasteiger partial charge >= 0.3 is 0 Å². The van der Waals surface area contributed by atoms with Crippen molar-refractivity contribution < 1.29 is 17.9 Å². The van der Waals surface area contributed by atoms with E-state index >= 15 is 0 Å². The van der Waals surface area contributed by atoms with Crippen LogP contribution in [0.3, 0.4) is 0 Å². The standard InChI is InChI=1S/C12H15NO4S/c1-17-11-4-2-9(3-5-11)12(14)13-10-6-7-18(15,16)8-10/h2-5,10H,6-8H2,1H3,(H,13,14)/t10-/m0/s1. The van der Waals surface area contributed by atoms with Gasteiger partial charge in [-0.1, -0.05) is 0 Å². The van der Waals surface area contributed by atoms with Crippen molar-refractivity contribution >= 4 is 15.7 Å². The van der Waals surface area contributed by atoms with Gasteiger partial charge in [0.25, 0.3) is 5.91 Å². The fraction of sp³-hybridized carbons (Fsp3) is 0.417. The first-order valence-corrected chi connectivity index (χ1v) is 7.48. The molecule has 1 aromatic carbocycles. The number of methoxy groups -OCH3 is 1. The first kappa shape index (κ1) is 12.9. The number of benzene rings is 1. The van der Waals surface area contributed by atoms with Crippen molar-refractivity contribution in [2.75, 3.05) is 18.6 Å². The molecular formula is C12H15NO4S. The van der Waals surface area contributed by atoms with Gasteiger partial charge in [0.2, 0.25) is 0 Å². The van der Waals surface area contributed by atoms with Crippen LogP contribution in [0, 0.1) is 0 Å². The fourth-order valence-corrected chi connectivity index (χ4v) is 3.59. The number of rotatable bonds is 3. The molecule has 0 radical (unpaired) electrons. The Bertz CT molecular complexity index is 536. The van der Waals surface area contributed by atoms with E-state index in [4.69, 9.17) is 4.74 Å². The van der Waals surface area contributed by atoms with E-state index in [1.54, 1.807) is 31.4 Å². The Balaban J connectivity index is 1.99. The number of hydrogen-bond donors (Lipinski definition) is 1. The lowest BCUT2D eigenvalue weighted by molar-refractivity contribution is 0.0941. The first-order valence-electron chi connectivity index (χ1n) is 5.65. The quantitative estimate of drug-likeness (QED) is 0.872. The van der Waals surface area contributed by atoms with Crippen LogP contribution in [-0.4, -0.2) is 39.0 Å². The van der Waals surface area contributed by atoms with Crippen LogP contribution >= 0.6 is 0 Å². The average Bonchev–Trinajstić information content (AvgIpc) is 2.68. The van der Waals surface area contributed by atoms with Gasteiger partial charge in [-0.2, -0.15) is 0 Å². The summed E-state index contributed by atoms with van der Waals surface area (Å²) in [6.07, 6.45) is 0.490. The predicted molar refractivity (Wildman–Crippen MR) is 67.5 cm³/mol. The SMILES string of the molecule is COc1ccc(C(=O)N[C@H]2CCS(=O)(=O)C2)cc1. The van der Waals surface area contributed by atoms with E-state index in [9.17, 15) is 13.2 Å². The Morgan fingerprint density at radius 3 is 2.50 bits per heavy atom. The van der Waals surface area contributed by atoms with Gasteiger partial charge in [0.1, 0.15) is 5.75 Å². The van der Waals surface area contributed by atoms with Crippen molar-refractivity contribution in [2.24, 2.45) is 0 Å². The summed E-state index contributed by atoms with van der Waals surface area (Å²) in [6, 6.07) is 6.42. The molecule has 1 fully saturated rings. The van der Waals surface area contributed by atoms with Crippen molar-refractivity contribution in [1.29, 1.82) is 0 Å². The van der Waals surface area contributed by atoms with E-state index < -0.39 is 9.84 Å². The normalized spacial score (nSPS) is 21.5. The fourth-order valence-electron chi connectivity index (χ4n) is 1.92. The lowest BCUT2D eigenvalue weighted by Gasteiger charge is -2.10. The van der Waals surface area contributed by atoms with Gasteiger partial charge < -0.3 is 10.1 Å². The highest BCUT2D eigenvalue weighted by atomic mass is 32.2. The van der Waals surface area contributed by atoms with E-state index in [1.807, 2.05) is 0 Å². The molecule has 0 unspecified atom stereocenters. The second kappa shape index (κ2) is 4.97. The molecule has 2 rings (SSSR count). The number of carbonyl (C=O) groups is 1. The van der Waals surface area contributed by atoms with Gasteiger partial charge in [-0.05, 0) is 30.7 Å². The third-order valence-corrected chi connectivity index (χ3v) is 4.69. The highest BCUT2D eigenvalue weighted by molar-refractivity contribution is 7.91. The van der Waals surface area contributed by atoms with Crippen molar-refractivity contribution in [2.45, 2.75) is 12.5 Å². The summed E-state index contributed by atoms with van der Waals surface area (Å²) < 4.78 is 27.5. The highest BCUT2D eigenvalue weighted by Crippen LogP contribution is 2.14. The maximum Gasteiger partial charge on any atom is 0.251 e. The summed E-state index contributed by atoms with van der Waals surface area (Å²) in [6.45, 7) is 0. The molecule has 1 amide bonds. The number of carbonyl (C=O) groups excluding carboxylic acids is 1. The molecule has 1 atom stereocenters. The largest absolute Gasteiger partial charge is 0.497 e. The molecule has 0 aliphatic carbocycles. The molecule has 0 spiro atoms. The molecule has 1 N–H and O–H groups in total. The topological polar surface area (TPSA) is 72.5 Å². The van der Waals surface area contributed by atoms with Crippen LogP contribution in [0.2, 0.25) is 0 Å². The summed E-state index contributed by atoms with van der Waals surface area (Å²) in [4.78, 5) is 11.9. The van der Waals surface area contributed by atoms with Gasteiger partial charge in [0.05, 0.1) is 18.6 Å². The van der Waals surface area contributed by atoms with Crippen LogP contribution < -0.4 is 10.1 Å². The summed E-state index contributed by atoms with van der Waals surface area (Å²) in [5.74, 6) is 0.616. The second-order valence-corrected chi connectivity index (χ2v) is 6.53. The van der Waals surface area contributed by atoms with E-state index in [2.05, 4.69) is 5.32 Å². The highest BCUT2D eigenvalue weighted by Gasteiger charge is 2.29. The van der Waals surface area contributed by atoms with Crippen molar-refractivity contribution in [3.8, 4) is 5.75 Å². The summed E-state index contributed by atoms with van der Waals surface area (Å²) >= 11 is 0. The Morgan fingerprint density at radius 2 is 2.00 bits per heavy atom. The van der Waals surface area contributed by atoms with Gasteiger partial charge in [-0.15, -0.1) is 0 Å². The smallest absolute Gasteiger partial charge is 0.251 e. The molecule has 1 aliphatic rings. The zero-order chi connectivity index (χ0) is 13.2. The Kier molecular flexibility index (Phi) is 3.56. The zero-order valence-electron chi connectivity index (χ0n) is 10.0. The van der Waals surface area contributed by atoms with Crippen LogP contribution in [0.5, 0.6) is 5.75 Å². The third kappa shape index (κ3) is 3.01. The molecule has 0 bridgehead atoms. The van der Waals surface area contributed by atoms with E-state index in [-0.39, 0.29) is 23.5 Å². The molecule has 0 aromatic heterocycles. The zero-order valence-corrected chi connectivity index (χ0v) is 10.9. The maximum atomic E-state index is 11.9. The number of sulfone groups is 1. The van der Waals surface area contributed by atoms with Gasteiger partial charge in [-0.3, -0.25) is 4.79 Å². The molecule has 1 saturated heterocycles. The van der Waals surface area contributed by atoms with Crippen LogP contribution in [-0.2, 0) is 9.84 Å². The molecule has 6 heteroatoms. The van der Waals surface area contributed by atoms with E-state index in [0.29, 0.717) is 17.7 Å². The van der Waals surface area contributed by atoms with Crippen molar-refractivity contribution in [3.05, 3.63) is 29.8 Å². The molecule has 98 valence electrons. The van der Waals surface area contributed by atoms with Crippen LogP contribution in [0.4, 0.5) is 0 Å². The van der Waals surface area contributed by atoms with Gasteiger partial charge in [0, 0.05) is 11.6 Å². The molecule has 1 aromatic rings. The van der Waals surface area contributed by atoms with Crippen LogP contribution in [0.1, 0.15) is 16.8 Å². The number of nitrogens with one attached hydrogen (secondary N) is 1. The molecular weight excluding hydrogens is 254 g/mol. The molecule has 5 nitrogen and oxygen atoms in total. The van der Waals surface area contributed by atoms with Crippen molar-refractivity contribution in [3.63, 3.8) is 0 Å². The molecule has 1 aliphatic heterocycles. The number of hydrogen-bond acceptors (Lipinski definition) is 4. The van der Waals surface area contributed by atoms with Gasteiger partial charge in [0.15, 0.2) is 9.84 Å². The Labute approximate surface area is 106 Å². The summed E-state index contributed by atoms with van der Waals surface area (Å²) in [5.41, 5.74) is 0.500. The summed E-state index contributed by atoms with van der Waals surface area (Å²) in [7, 11) is -1.41. The van der Waals surface area contributed by atoms with E-state index in [0.717, 1.165) is 0 Å². The Morgan fingerprint density at radius 1 is 1.33 bits per heavy atom. The van der Waals surface area contributed by atoms with Crippen LogP contribution in [0.15, 0.2) is 24.3 Å². The number of ether oxygens (including phenoxy) is 1. The lowest BCUT2D eigenvalue weighted by atomic mass is 10.2. The summed E-state index contributed by atoms with van der Waals surface area (Å²) in [5, 5.41) is 2.73. The van der Waals surface area contributed by atoms with Crippen LogP contribution in [0.25, 0.3) is 0 Å². The molecule has 1 heterocycles. The minimum Gasteiger partial charge on any atom is -0.497 e. The lowest BCUT2D eigenvalue weighted by Crippen LogP contribution is -2.35. The third-order valence-electron chi connectivity index (χ3n) is 2.92. The number of amides is 1. The molecule has 0 saturated carbocycles. The predicted octanol–water partition coefficient (Wildman–Crippen LogP) is 0.612. The monoisotopic (exact) mass is 269 g/mol. The van der Waals surface area contributed by atoms with Crippen molar-refractivity contribution in [1.82, 2.24) is 5.32 Å². The Hall–Kier alpha value is -1.56. The van der Waals surface area contributed by atoms with E-state index in [1.165, 1.54) is 0 Å². The minimum absolute atomic E-state index is 0.0366. The average molecular weight is 269 g/mol. The second-order valence-electron chi connectivity index (χ2n) is 4.30. The first-order chi connectivity index (χ1) is 8.50.